The topological polar surface area (TPSA) is 148 Å². The molecule has 5 rings (SSSR count). The molecular weight excluding hydrogens is 673 g/mol. The number of nitrogens with zero attached hydrogens (tertiary/aromatic N) is 1. The van der Waals surface area contributed by atoms with Gasteiger partial charge in [0.1, 0.15) is 12.1 Å². The van der Waals surface area contributed by atoms with Gasteiger partial charge in [-0.05, 0) is 55.7 Å². The molecule has 1 saturated heterocycles. The molecule has 1 aliphatic heterocycles. The van der Waals surface area contributed by atoms with E-state index in [1.807, 2.05) is 106 Å². The smallest absolute Gasteiger partial charge is 0.254 e. The lowest BCUT2D eigenvalue weighted by Crippen LogP contribution is -2.60. The number of rotatable bonds is 13. The number of thioether (sulfide) groups is 2. The highest BCUT2D eigenvalue weighted by molar-refractivity contribution is 8.00. The van der Waals surface area contributed by atoms with E-state index >= 15 is 0 Å². The molecule has 4 amide bonds. The first kappa shape index (κ1) is 37.4. The lowest BCUT2D eigenvalue weighted by Gasteiger charge is -2.34. The number of nitrogens with one attached hydrogen (secondary N) is 3. The summed E-state index contributed by atoms with van der Waals surface area (Å²) in [5.74, 6) is -1.53. The SMILES string of the molecule is CSCC(NC(=O)Cc1cccc(C)c1)C(=O)NC(Cc1ccccc1)C(O)C(=O)N1CSC(C)(C)C1C(=O)NC1c2ccccc2CC1O. The molecule has 1 fully saturated rings. The molecule has 5 N–H and O–H groups in total. The Bertz CT molecular complexity index is 1690. The number of benzene rings is 3. The Labute approximate surface area is 302 Å². The summed E-state index contributed by atoms with van der Waals surface area (Å²) in [4.78, 5) is 56.2. The molecule has 0 spiro atoms. The zero-order chi connectivity index (χ0) is 36.0. The number of amides is 4. The fourth-order valence-electron chi connectivity index (χ4n) is 6.73. The highest BCUT2D eigenvalue weighted by Crippen LogP contribution is 2.41. The van der Waals surface area contributed by atoms with Crippen molar-refractivity contribution in [3.05, 3.63) is 107 Å². The molecular formula is C38H46N4O6S2. The van der Waals surface area contributed by atoms with Gasteiger partial charge in [-0.2, -0.15) is 11.8 Å². The quantitative estimate of drug-likeness (QED) is 0.181. The molecule has 1 aliphatic carbocycles. The van der Waals surface area contributed by atoms with Gasteiger partial charge in [-0.3, -0.25) is 19.2 Å². The number of carbonyl (C=O) groups excluding carboxylic acids is 4. The van der Waals surface area contributed by atoms with E-state index in [0.29, 0.717) is 6.42 Å². The van der Waals surface area contributed by atoms with Crippen LogP contribution in [0, 0.1) is 6.92 Å². The van der Waals surface area contributed by atoms with Crippen LogP contribution in [0.5, 0.6) is 0 Å². The molecule has 6 unspecified atom stereocenters. The minimum atomic E-state index is -1.69. The molecule has 6 atom stereocenters. The fourth-order valence-corrected chi connectivity index (χ4v) is 8.44. The molecule has 0 bridgehead atoms. The van der Waals surface area contributed by atoms with E-state index < -0.39 is 58.8 Å². The van der Waals surface area contributed by atoms with Crippen LogP contribution in [-0.4, -0.2) is 91.7 Å². The largest absolute Gasteiger partial charge is 0.390 e. The van der Waals surface area contributed by atoms with Gasteiger partial charge in [-0.1, -0.05) is 84.4 Å². The molecule has 266 valence electrons. The summed E-state index contributed by atoms with van der Waals surface area (Å²) in [6.07, 6.45) is -0.0251. The van der Waals surface area contributed by atoms with E-state index in [1.165, 1.54) is 28.4 Å². The van der Waals surface area contributed by atoms with Crippen molar-refractivity contribution < 1.29 is 29.4 Å². The van der Waals surface area contributed by atoms with Crippen molar-refractivity contribution in [3.63, 3.8) is 0 Å². The third kappa shape index (κ3) is 8.90. The maximum atomic E-state index is 14.2. The Balaban J connectivity index is 1.33. The zero-order valence-corrected chi connectivity index (χ0v) is 30.4. The maximum Gasteiger partial charge on any atom is 0.254 e. The number of aryl methyl sites for hydroxylation is 1. The minimum absolute atomic E-state index is 0.101. The van der Waals surface area contributed by atoms with Crippen LogP contribution in [0.25, 0.3) is 0 Å². The van der Waals surface area contributed by atoms with E-state index in [4.69, 9.17) is 0 Å². The lowest BCUT2D eigenvalue weighted by molar-refractivity contribution is -0.148. The van der Waals surface area contributed by atoms with Crippen molar-refractivity contribution in [3.8, 4) is 0 Å². The third-order valence-electron chi connectivity index (χ3n) is 9.27. The van der Waals surface area contributed by atoms with E-state index in [1.54, 1.807) is 0 Å². The van der Waals surface area contributed by atoms with Crippen LogP contribution in [0.2, 0.25) is 0 Å². The summed E-state index contributed by atoms with van der Waals surface area (Å²) in [6.45, 7) is 5.69. The van der Waals surface area contributed by atoms with E-state index in [9.17, 15) is 29.4 Å². The second-order valence-electron chi connectivity index (χ2n) is 13.5. The number of fused-ring (bicyclic) bond motifs is 1. The molecule has 12 heteroatoms. The number of hydrogen-bond donors (Lipinski definition) is 5. The predicted octanol–water partition coefficient (Wildman–Crippen LogP) is 2.93. The molecule has 2 aliphatic rings. The summed E-state index contributed by atoms with van der Waals surface area (Å²) in [5, 5.41) is 31.2. The van der Waals surface area contributed by atoms with Crippen molar-refractivity contribution in [2.75, 3.05) is 17.9 Å². The summed E-state index contributed by atoms with van der Waals surface area (Å²) in [6, 6.07) is 20.8. The monoisotopic (exact) mass is 718 g/mol. The van der Waals surface area contributed by atoms with Gasteiger partial charge in [-0.15, -0.1) is 11.8 Å². The van der Waals surface area contributed by atoms with Crippen molar-refractivity contribution in [2.45, 2.75) is 81.2 Å². The van der Waals surface area contributed by atoms with Gasteiger partial charge in [0.2, 0.25) is 17.7 Å². The van der Waals surface area contributed by atoms with Gasteiger partial charge in [0.25, 0.3) is 5.91 Å². The first-order valence-corrected chi connectivity index (χ1v) is 19.1. The summed E-state index contributed by atoms with van der Waals surface area (Å²) in [7, 11) is 0. The highest BCUT2D eigenvalue weighted by atomic mass is 32.2. The minimum Gasteiger partial charge on any atom is -0.390 e. The van der Waals surface area contributed by atoms with Crippen molar-refractivity contribution >= 4 is 47.2 Å². The summed E-state index contributed by atoms with van der Waals surface area (Å²) < 4.78 is -0.703. The predicted molar refractivity (Wildman–Crippen MR) is 197 cm³/mol. The molecule has 0 radical (unpaired) electrons. The molecule has 10 nitrogen and oxygen atoms in total. The van der Waals surface area contributed by atoms with Crippen LogP contribution >= 0.6 is 23.5 Å². The first-order valence-electron chi connectivity index (χ1n) is 16.7. The van der Waals surface area contributed by atoms with Crippen molar-refractivity contribution in [1.29, 1.82) is 0 Å². The number of aliphatic hydroxyl groups is 2. The molecule has 3 aromatic carbocycles. The normalized spacial score (nSPS) is 21.1. The average Bonchev–Trinajstić information content (AvgIpc) is 3.58. The van der Waals surface area contributed by atoms with Gasteiger partial charge in [0.15, 0.2) is 6.10 Å². The summed E-state index contributed by atoms with van der Waals surface area (Å²) in [5.41, 5.74) is 4.43. The second-order valence-corrected chi connectivity index (χ2v) is 16.0. The molecule has 50 heavy (non-hydrogen) atoms. The van der Waals surface area contributed by atoms with Gasteiger partial charge in [-0.25, -0.2) is 0 Å². The first-order chi connectivity index (χ1) is 23.9. The molecule has 0 aromatic heterocycles. The van der Waals surface area contributed by atoms with Crippen molar-refractivity contribution in [1.82, 2.24) is 20.9 Å². The van der Waals surface area contributed by atoms with Gasteiger partial charge in [0.05, 0.1) is 30.5 Å². The van der Waals surface area contributed by atoms with Crippen LogP contribution < -0.4 is 16.0 Å². The molecule has 0 saturated carbocycles. The number of hydrogen-bond acceptors (Lipinski definition) is 8. The fraction of sp³-hybridized carbons (Fsp3) is 0.421. The third-order valence-corrected chi connectivity index (χ3v) is 11.3. The lowest BCUT2D eigenvalue weighted by atomic mass is 9.96. The van der Waals surface area contributed by atoms with E-state index in [-0.39, 0.29) is 30.4 Å². The maximum absolute atomic E-state index is 14.2. The molecule has 1 heterocycles. The average molecular weight is 719 g/mol. The van der Waals surface area contributed by atoms with Gasteiger partial charge < -0.3 is 31.1 Å². The molecule has 3 aromatic rings. The Morgan fingerprint density at radius 3 is 2.40 bits per heavy atom. The Hall–Kier alpha value is -3.84. The van der Waals surface area contributed by atoms with Crippen LogP contribution in [-0.2, 0) is 38.4 Å². The second kappa shape index (κ2) is 16.5. The standard InChI is InChI=1S/C38H46N4O6S2/c1-23-11-10-14-25(17-23)19-31(44)39-29(21-49-4)35(46)40-28(18-24-12-6-5-7-13-24)33(45)37(48)42-22-50-38(2,3)34(42)36(47)41-32-27-16-9-8-15-26(27)20-30(32)43/h5-17,28-30,32-34,43,45H,18-22H2,1-4H3,(H,39,44)(H,40,46)(H,41,47). The Kier molecular flexibility index (Phi) is 12.3. The van der Waals surface area contributed by atoms with E-state index in [0.717, 1.165) is 27.8 Å². The van der Waals surface area contributed by atoms with Crippen LogP contribution in [0.3, 0.4) is 0 Å². The number of aliphatic hydroxyl groups excluding tert-OH is 2. The number of carbonyl (C=O) groups is 4. The summed E-state index contributed by atoms with van der Waals surface area (Å²) >= 11 is 2.81. The van der Waals surface area contributed by atoms with Gasteiger partial charge >= 0.3 is 0 Å². The van der Waals surface area contributed by atoms with Crippen LogP contribution in [0.15, 0.2) is 78.9 Å². The van der Waals surface area contributed by atoms with Gasteiger partial charge in [0, 0.05) is 16.9 Å². The van der Waals surface area contributed by atoms with Crippen molar-refractivity contribution in [2.24, 2.45) is 0 Å². The van der Waals surface area contributed by atoms with Crippen LogP contribution in [0.4, 0.5) is 0 Å². The Morgan fingerprint density at radius 2 is 1.68 bits per heavy atom. The zero-order valence-electron chi connectivity index (χ0n) is 28.8. The highest BCUT2D eigenvalue weighted by Gasteiger charge is 2.51. The van der Waals surface area contributed by atoms with E-state index in [2.05, 4.69) is 16.0 Å². The Morgan fingerprint density at radius 1 is 0.980 bits per heavy atom. The van der Waals surface area contributed by atoms with Crippen LogP contribution in [0.1, 0.15) is 47.7 Å².